The van der Waals surface area contributed by atoms with Crippen molar-refractivity contribution >= 4 is 29.3 Å². The highest BCUT2D eigenvalue weighted by Gasteiger charge is 2.05. The van der Waals surface area contributed by atoms with Crippen molar-refractivity contribution in [3.8, 4) is 0 Å². The molecular weight excluding hydrogens is 259 g/mol. The maximum Gasteiger partial charge on any atom is 0.253 e. The topological polar surface area (TPSA) is 67.4 Å². The van der Waals surface area contributed by atoms with Crippen LogP contribution in [0.5, 0.6) is 0 Å². The lowest BCUT2D eigenvalue weighted by Gasteiger charge is -2.05. The van der Waals surface area contributed by atoms with E-state index in [0.717, 1.165) is 11.8 Å². The summed E-state index contributed by atoms with van der Waals surface area (Å²) in [7, 11) is 1.34. The first-order valence-corrected chi connectivity index (χ1v) is 6.22. The average Bonchev–Trinajstić information content (AvgIpc) is 2.32. The van der Waals surface area contributed by atoms with Gasteiger partial charge < -0.3 is 5.32 Å². The molecule has 0 spiro atoms. The van der Waals surface area contributed by atoms with E-state index in [1.165, 1.54) is 31.4 Å². The molecule has 18 heavy (non-hydrogen) atoms. The lowest BCUT2D eigenvalue weighted by Crippen LogP contribution is -2.24. The molecule has 0 aliphatic heterocycles. The summed E-state index contributed by atoms with van der Waals surface area (Å²) in [5, 5.41) is 2.59. The molecule has 0 fully saturated rings. The molecule has 0 unspecified atom stereocenters. The van der Waals surface area contributed by atoms with Gasteiger partial charge in [0.05, 0.1) is 18.6 Å². The summed E-state index contributed by atoms with van der Waals surface area (Å²) in [4.78, 5) is 26.9. The zero-order valence-electron chi connectivity index (χ0n) is 9.73. The van der Waals surface area contributed by atoms with Crippen LogP contribution >= 0.6 is 11.8 Å². The van der Waals surface area contributed by atoms with Crippen molar-refractivity contribution in [1.29, 1.82) is 0 Å². The number of halogens is 1. The molecule has 0 bridgehead atoms. The second kappa shape index (κ2) is 7.67. The van der Waals surface area contributed by atoms with Crippen molar-refractivity contribution in [1.82, 2.24) is 5.48 Å². The third-order valence-corrected chi connectivity index (χ3v) is 2.74. The molecule has 1 rings (SSSR count). The summed E-state index contributed by atoms with van der Waals surface area (Å²) in [6.45, 7) is 0. The summed E-state index contributed by atoms with van der Waals surface area (Å²) in [5.41, 5.74) is 2.66. The SMILES string of the molecule is CONC(=O)CSCC(=O)Nc1ccc(F)cc1. The van der Waals surface area contributed by atoms with Crippen LogP contribution in [-0.4, -0.2) is 30.4 Å². The van der Waals surface area contributed by atoms with Crippen molar-refractivity contribution in [2.24, 2.45) is 0 Å². The zero-order chi connectivity index (χ0) is 13.4. The number of benzene rings is 1. The van der Waals surface area contributed by atoms with Gasteiger partial charge in [-0.05, 0) is 24.3 Å². The number of anilines is 1. The highest BCUT2D eigenvalue weighted by atomic mass is 32.2. The summed E-state index contributed by atoms with van der Waals surface area (Å²) >= 11 is 1.15. The Morgan fingerprint density at radius 3 is 2.44 bits per heavy atom. The number of hydrogen-bond acceptors (Lipinski definition) is 4. The third-order valence-electron chi connectivity index (χ3n) is 1.81. The molecule has 1 aromatic carbocycles. The van der Waals surface area contributed by atoms with Crippen LogP contribution in [-0.2, 0) is 14.4 Å². The number of hydrogen-bond donors (Lipinski definition) is 2. The highest BCUT2D eigenvalue weighted by Crippen LogP contribution is 2.09. The molecule has 0 aromatic heterocycles. The quantitative estimate of drug-likeness (QED) is 0.763. The first kappa shape index (κ1) is 14.5. The van der Waals surface area contributed by atoms with Crippen LogP contribution in [0.2, 0.25) is 0 Å². The van der Waals surface area contributed by atoms with Crippen LogP contribution in [0.25, 0.3) is 0 Å². The Morgan fingerprint density at radius 2 is 1.83 bits per heavy atom. The van der Waals surface area contributed by atoms with Gasteiger partial charge in [0.2, 0.25) is 5.91 Å². The van der Waals surface area contributed by atoms with Crippen molar-refractivity contribution in [2.45, 2.75) is 0 Å². The maximum atomic E-state index is 12.6. The van der Waals surface area contributed by atoms with E-state index in [2.05, 4.69) is 15.6 Å². The standard InChI is InChI=1S/C11H13FN2O3S/c1-17-14-11(16)7-18-6-10(15)13-9-4-2-8(12)3-5-9/h2-5H,6-7H2,1H3,(H,13,15)(H,14,16). The van der Waals surface area contributed by atoms with Crippen molar-refractivity contribution in [3.05, 3.63) is 30.1 Å². The van der Waals surface area contributed by atoms with Gasteiger partial charge in [0.1, 0.15) is 5.82 Å². The fraction of sp³-hybridized carbons (Fsp3) is 0.273. The minimum atomic E-state index is -0.362. The molecule has 0 atom stereocenters. The molecule has 0 radical (unpaired) electrons. The third kappa shape index (κ3) is 5.65. The molecule has 0 saturated carbocycles. The van der Waals surface area contributed by atoms with E-state index >= 15 is 0 Å². The van der Waals surface area contributed by atoms with Gasteiger partial charge in [-0.15, -0.1) is 11.8 Å². The minimum Gasteiger partial charge on any atom is -0.325 e. The molecule has 2 N–H and O–H groups in total. The summed E-state index contributed by atoms with van der Waals surface area (Å²) in [5.74, 6) is -0.661. The molecule has 98 valence electrons. The largest absolute Gasteiger partial charge is 0.325 e. The molecule has 0 saturated heterocycles. The minimum absolute atomic E-state index is 0.130. The molecule has 0 heterocycles. The van der Waals surface area contributed by atoms with Crippen LogP contribution in [0.15, 0.2) is 24.3 Å². The van der Waals surface area contributed by atoms with Gasteiger partial charge in [-0.25, -0.2) is 9.87 Å². The van der Waals surface area contributed by atoms with Crippen LogP contribution in [0.3, 0.4) is 0 Å². The fourth-order valence-electron chi connectivity index (χ4n) is 1.11. The van der Waals surface area contributed by atoms with E-state index in [0.29, 0.717) is 5.69 Å². The number of hydroxylamine groups is 1. The monoisotopic (exact) mass is 272 g/mol. The maximum absolute atomic E-state index is 12.6. The predicted molar refractivity (Wildman–Crippen MR) is 67.5 cm³/mol. The molecule has 7 heteroatoms. The number of carbonyl (C=O) groups excluding carboxylic acids is 2. The average molecular weight is 272 g/mol. The molecule has 1 aromatic rings. The van der Waals surface area contributed by atoms with Gasteiger partial charge >= 0.3 is 0 Å². The number of rotatable bonds is 6. The second-order valence-electron chi connectivity index (χ2n) is 3.28. The van der Waals surface area contributed by atoms with Gasteiger partial charge in [0.15, 0.2) is 0 Å². The Bertz CT molecular complexity index is 411. The molecule has 2 amide bonds. The summed E-state index contributed by atoms with van der Waals surface area (Å²) in [6, 6.07) is 5.45. The van der Waals surface area contributed by atoms with Crippen LogP contribution < -0.4 is 10.8 Å². The van der Waals surface area contributed by atoms with Gasteiger partial charge in [0.25, 0.3) is 5.91 Å². The van der Waals surface area contributed by atoms with E-state index < -0.39 is 0 Å². The second-order valence-corrected chi connectivity index (χ2v) is 4.26. The van der Waals surface area contributed by atoms with E-state index in [9.17, 15) is 14.0 Å². The van der Waals surface area contributed by atoms with Crippen molar-refractivity contribution in [3.63, 3.8) is 0 Å². The Hall–Kier alpha value is -1.60. The van der Waals surface area contributed by atoms with Gasteiger partial charge in [-0.3, -0.25) is 14.4 Å². The van der Waals surface area contributed by atoms with Crippen LogP contribution in [0.1, 0.15) is 0 Å². The Kier molecular flexibility index (Phi) is 6.16. The first-order chi connectivity index (χ1) is 8.61. The van der Waals surface area contributed by atoms with E-state index in [1.807, 2.05) is 0 Å². The molecule has 0 aliphatic rings. The highest BCUT2D eigenvalue weighted by molar-refractivity contribution is 8.00. The smallest absolute Gasteiger partial charge is 0.253 e. The van der Waals surface area contributed by atoms with E-state index in [-0.39, 0.29) is 29.1 Å². The number of thioether (sulfide) groups is 1. The van der Waals surface area contributed by atoms with Crippen molar-refractivity contribution in [2.75, 3.05) is 23.9 Å². The normalized spacial score (nSPS) is 9.89. The first-order valence-electron chi connectivity index (χ1n) is 5.07. The van der Waals surface area contributed by atoms with E-state index in [4.69, 9.17) is 0 Å². The summed E-state index contributed by atoms with van der Waals surface area (Å²) < 4.78 is 12.6. The molecule has 0 aliphatic carbocycles. The fourth-order valence-corrected chi connectivity index (χ4v) is 1.71. The number of amides is 2. The predicted octanol–water partition coefficient (Wildman–Crippen LogP) is 1.17. The van der Waals surface area contributed by atoms with E-state index in [1.54, 1.807) is 0 Å². The van der Waals surface area contributed by atoms with Gasteiger partial charge in [-0.2, -0.15) is 0 Å². The Balaban J connectivity index is 2.25. The lowest BCUT2D eigenvalue weighted by molar-refractivity contribution is -0.128. The number of carbonyl (C=O) groups is 2. The van der Waals surface area contributed by atoms with Gasteiger partial charge in [-0.1, -0.05) is 0 Å². The lowest BCUT2D eigenvalue weighted by atomic mass is 10.3. The molecular formula is C11H13FN2O3S. The van der Waals surface area contributed by atoms with Crippen LogP contribution in [0.4, 0.5) is 10.1 Å². The van der Waals surface area contributed by atoms with Crippen LogP contribution in [0, 0.1) is 5.82 Å². The summed E-state index contributed by atoms with van der Waals surface area (Å²) in [6.07, 6.45) is 0. The zero-order valence-corrected chi connectivity index (χ0v) is 10.6. The molecule has 5 nitrogen and oxygen atoms in total. The number of nitrogens with one attached hydrogen (secondary N) is 2. The Labute approximate surface area is 108 Å². The van der Waals surface area contributed by atoms with Gasteiger partial charge in [0, 0.05) is 5.69 Å². The van der Waals surface area contributed by atoms with Crippen molar-refractivity contribution < 1.29 is 18.8 Å². The Morgan fingerprint density at radius 1 is 1.22 bits per heavy atom.